The fourth-order valence-corrected chi connectivity index (χ4v) is 1.94. The Morgan fingerprint density at radius 2 is 1.80 bits per heavy atom. The molecule has 0 spiro atoms. The molecule has 0 aliphatic carbocycles. The first kappa shape index (κ1) is 22.9. The van der Waals surface area contributed by atoms with Gasteiger partial charge in [0.15, 0.2) is 12.0 Å². The number of nitrogens with zero attached hydrogens (tertiary/aromatic N) is 1. The van der Waals surface area contributed by atoms with Crippen molar-refractivity contribution in [2.45, 2.75) is 44.0 Å². The van der Waals surface area contributed by atoms with E-state index in [9.17, 15) is 19.5 Å². The summed E-state index contributed by atoms with van der Waals surface area (Å²) in [6.45, 7) is 1.45. The Balaban J connectivity index is 5.01. The second-order valence-electron chi connectivity index (χ2n) is 5.36. The molecule has 0 bridgehead atoms. The summed E-state index contributed by atoms with van der Waals surface area (Å²) in [6, 6.07) is -3.50. The number of aliphatic carboxylic acids is 1. The standard InChI is InChI=1S/C13H26N6O5S/c1-6(20)9(12(23)24)19-11(22)8(3-2-4-17-13(15)16)18-10(21)7(14)5-25/h6-9,20,25H,2-5,14H2,1H3,(H,18,21)(H,19,22)(H,23,24)(H4,15,16,17). The fourth-order valence-electron chi connectivity index (χ4n) is 1.78. The first-order valence-electron chi connectivity index (χ1n) is 7.53. The van der Waals surface area contributed by atoms with Crippen LogP contribution in [0, 0.1) is 0 Å². The Morgan fingerprint density at radius 1 is 1.20 bits per heavy atom. The van der Waals surface area contributed by atoms with Gasteiger partial charge in [-0.3, -0.25) is 14.6 Å². The van der Waals surface area contributed by atoms with Crippen molar-refractivity contribution in [3.05, 3.63) is 0 Å². The predicted octanol–water partition coefficient (Wildman–Crippen LogP) is -3.27. The first-order valence-corrected chi connectivity index (χ1v) is 8.16. The lowest BCUT2D eigenvalue weighted by atomic mass is 10.1. The normalized spacial score (nSPS) is 15.4. The number of thiol groups is 1. The van der Waals surface area contributed by atoms with Crippen LogP contribution in [0.1, 0.15) is 19.8 Å². The minimum Gasteiger partial charge on any atom is -0.480 e. The molecule has 12 heteroatoms. The van der Waals surface area contributed by atoms with E-state index in [-0.39, 0.29) is 24.7 Å². The Bertz CT molecular complexity index is 497. The molecule has 0 fully saturated rings. The summed E-state index contributed by atoms with van der Waals surface area (Å²) in [5.74, 6) is -2.82. The summed E-state index contributed by atoms with van der Waals surface area (Å²) in [7, 11) is 0. The van der Waals surface area contributed by atoms with Crippen LogP contribution in [-0.4, -0.2) is 70.5 Å². The van der Waals surface area contributed by atoms with Gasteiger partial charge in [-0.25, -0.2) is 4.79 Å². The average molecular weight is 378 g/mol. The number of amides is 2. The number of nitrogens with two attached hydrogens (primary N) is 3. The second kappa shape index (κ2) is 11.5. The number of rotatable bonds is 11. The lowest BCUT2D eigenvalue weighted by Crippen LogP contribution is -2.56. The number of aliphatic hydroxyl groups is 1. The third-order valence-electron chi connectivity index (χ3n) is 3.16. The third-order valence-corrected chi connectivity index (χ3v) is 3.55. The topological polar surface area (TPSA) is 206 Å². The molecule has 10 N–H and O–H groups in total. The molecule has 25 heavy (non-hydrogen) atoms. The smallest absolute Gasteiger partial charge is 0.328 e. The van der Waals surface area contributed by atoms with Gasteiger partial charge in [0.25, 0.3) is 0 Å². The molecule has 0 aromatic heterocycles. The zero-order valence-corrected chi connectivity index (χ0v) is 14.8. The number of carboxylic acids is 1. The van der Waals surface area contributed by atoms with Gasteiger partial charge >= 0.3 is 5.97 Å². The van der Waals surface area contributed by atoms with Gasteiger partial charge in [-0.15, -0.1) is 0 Å². The van der Waals surface area contributed by atoms with Crippen molar-refractivity contribution in [3.63, 3.8) is 0 Å². The number of aliphatic hydroxyl groups excluding tert-OH is 1. The second-order valence-corrected chi connectivity index (χ2v) is 5.73. The molecular weight excluding hydrogens is 352 g/mol. The molecule has 2 amide bonds. The summed E-state index contributed by atoms with van der Waals surface area (Å²) in [4.78, 5) is 39.0. The molecule has 0 aromatic carbocycles. The van der Waals surface area contributed by atoms with E-state index in [1.54, 1.807) is 0 Å². The molecule has 4 atom stereocenters. The maximum atomic E-state index is 12.3. The Morgan fingerprint density at radius 3 is 2.24 bits per heavy atom. The van der Waals surface area contributed by atoms with Crippen LogP contribution in [0.5, 0.6) is 0 Å². The third kappa shape index (κ3) is 9.12. The van der Waals surface area contributed by atoms with Crippen LogP contribution in [0.15, 0.2) is 4.99 Å². The molecule has 11 nitrogen and oxygen atoms in total. The number of aliphatic imine (C=N–C) groups is 1. The van der Waals surface area contributed by atoms with Crippen LogP contribution < -0.4 is 27.8 Å². The number of hydrogen-bond donors (Lipinski definition) is 8. The summed E-state index contributed by atoms with van der Waals surface area (Å²) < 4.78 is 0. The van der Waals surface area contributed by atoms with Crippen molar-refractivity contribution in [2.75, 3.05) is 12.3 Å². The lowest BCUT2D eigenvalue weighted by Gasteiger charge is -2.23. The molecule has 0 aromatic rings. The number of nitrogens with one attached hydrogen (secondary N) is 2. The molecule has 0 rings (SSSR count). The molecule has 0 aliphatic heterocycles. The van der Waals surface area contributed by atoms with Crippen LogP contribution in [0.2, 0.25) is 0 Å². The van der Waals surface area contributed by atoms with Gasteiger partial charge in [-0.2, -0.15) is 12.6 Å². The van der Waals surface area contributed by atoms with Crippen molar-refractivity contribution in [3.8, 4) is 0 Å². The van der Waals surface area contributed by atoms with E-state index in [2.05, 4.69) is 28.3 Å². The molecule has 0 saturated carbocycles. The van der Waals surface area contributed by atoms with Gasteiger partial charge in [0.1, 0.15) is 6.04 Å². The van der Waals surface area contributed by atoms with Gasteiger partial charge in [-0.1, -0.05) is 0 Å². The van der Waals surface area contributed by atoms with Crippen LogP contribution in [0.3, 0.4) is 0 Å². The van der Waals surface area contributed by atoms with E-state index < -0.39 is 42.0 Å². The first-order chi connectivity index (χ1) is 11.6. The summed E-state index contributed by atoms with van der Waals surface area (Å²) in [6.07, 6.45) is -0.836. The molecule has 0 saturated heterocycles. The van der Waals surface area contributed by atoms with Crippen LogP contribution in [-0.2, 0) is 14.4 Å². The van der Waals surface area contributed by atoms with E-state index in [4.69, 9.17) is 22.3 Å². The van der Waals surface area contributed by atoms with Gasteiger partial charge in [0.2, 0.25) is 11.8 Å². The van der Waals surface area contributed by atoms with E-state index in [1.807, 2.05) is 0 Å². The Hall–Kier alpha value is -2.05. The van der Waals surface area contributed by atoms with E-state index >= 15 is 0 Å². The quantitative estimate of drug-likeness (QED) is 0.0790. The van der Waals surface area contributed by atoms with E-state index in [1.165, 1.54) is 6.92 Å². The largest absolute Gasteiger partial charge is 0.480 e. The highest BCUT2D eigenvalue weighted by Crippen LogP contribution is 2.02. The average Bonchev–Trinajstić information content (AvgIpc) is 2.53. The highest BCUT2D eigenvalue weighted by Gasteiger charge is 2.29. The van der Waals surface area contributed by atoms with E-state index in [0.29, 0.717) is 6.42 Å². The fraction of sp³-hybridized carbons (Fsp3) is 0.692. The summed E-state index contributed by atoms with van der Waals surface area (Å²) in [5, 5.41) is 23.1. The molecule has 4 unspecified atom stereocenters. The predicted molar refractivity (Wildman–Crippen MR) is 94.9 cm³/mol. The van der Waals surface area contributed by atoms with Crippen LogP contribution in [0.4, 0.5) is 0 Å². The summed E-state index contributed by atoms with van der Waals surface area (Å²) in [5.41, 5.74) is 15.9. The summed E-state index contributed by atoms with van der Waals surface area (Å²) >= 11 is 3.90. The maximum Gasteiger partial charge on any atom is 0.328 e. The van der Waals surface area contributed by atoms with Crippen molar-refractivity contribution in [2.24, 2.45) is 22.2 Å². The number of carboxylic acid groups (broad SMARTS) is 1. The minimum atomic E-state index is -1.51. The van der Waals surface area contributed by atoms with Crippen molar-refractivity contribution >= 4 is 36.4 Å². The minimum absolute atomic E-state index is 0.0690. The van der Waals surface area contributed by atoms with Crippen molar-refractivity contribution in [1.82, 2.24) is 10.6 Å². The molecule has 144 valence electrons. The van der Waals surface area contributed by atoms with Crippen molar-refractivity contribution < 1.29 is 24.6 Å². The highest BCUT2D eigenvalue weighted by atomic mass is 32.1. The zero-order valence-electron chi connectivity index (χ0n) is 13.9. The van der Waals surface area contributed by atoms with E-state index in [0.717, 1.165) is 0 Å². The van der Waals surface area contributed by atoms with Gasteiger partial charge in [0, 0.05) is 12.3 Å². The van der Waals surface area contributed by atoms with Gasteiger partial charge < -0.3 is 38.0 Å². The lowest BCUT2D eigenvalue weighted by molar-refractivity contribution is -0.145. The van der Waals surface area contributed by atoms with Crippen LogP contribution >= 0.6 is 12.6 Å². The Labute approximate surface area is 150 Å². The maximum absolute atomic E-state index is 12.3. The molecule has 0 radical (unpaired) electrons. The Kier molecular flexibility index (Phi) is 10.6. The highest BCUT2D eigenvalue weighted by molar-refractivity contribution is 7.80. The van der Waals surface area contributed by atoms with Gasteiger partial charge in [-0.05, 0) is 19.8 Å². The number of carbonyl (C=O) groups is 3. The molecule has 0 aliphatic rings. The van der Waals surface area contributed by atoms with Crippen LogP contribution in [0.25, 0.3) is 0 Å². The SMILES string of the molecule is CC(O)C(NC(=O)C(CCCN=C(N)N)NC(=O)C(N)CS)C(=O)O. The number of guanidine groups is 1. The molecule has 0 heterocycles. The van der Waals surface area contributed by atoms with Crippen molar-refractivity contribution in [1.29, 1.82) is 0 Å². The number of hydrogen-bond acceptors (Lipinski definition) is 7. The zero-order chi connectivity index (χ0) is 19.6. The molecular formula is C13H26N6O5S. The number of carbonyl (C=O) groups excluding carboxylic acids is 2. The monoisotopic (exact) mass is 378 g/mol. The van der Waals surface area contributed by atoms with Gasteiger partial charge in [0.05, 0.1) is 12.1 Å².